The van der Waals surface area contributed by atoms with Gasteiger partial charge in [-0.2, -0.15) is 0 Å². The largest absolute Gasteiger partial charge is 0.396 e. The molecule has 1 aromatic rings. The Morgan fingerprint density at radius 2 is 2.29 bits per heavy atom. The molecule has 0 bridgehead atoms. The van der Waals surface area contributed by atoms with Gasteiger partial charge in [0.15, 0.2) is 0 Å². The van der Waals surface area contributed by atoms with Crippen molar-refractivity contribution in [1.29, 1.82) is 0 Å². The summed E-state index contributed by atoms with van der Waals surface area (Å²) >= 11 is 1.53. The second-order valence-electron chi connectivity index (χ2n) is 4.15. The maximum absolute atomic E-state index is 11.9. The Morgan fingerprint density at radius 1 is 1.53 bits per heavy atom. The lowest BCUT2D eigenvalue weighted by Gasteiger charge is -2.15. The van der Waals surface area contributed by atoms with Gasteiger partial charge in [0.2, 0.25) is 5.91 Å². The quantitative estimate of drug-likeness (QED) is 0.813. The Bertz CT molecular complexity index is 372. The van der Waals surface area contributed by atoms with Gasteiger partial charge in [0.05, 0.1) is 5.75 Å². The van der Waals surface area contributed by atoms with E-state index in [0.717, 1.165) is 17.9 Å². The van der Waals surface area contributed by atoms with E-state index >= 15 is 0 Å². The smallest absolute Gasteiger partial charge is 0.232 e. The molecule has 0 aromatic carbocycles. The molecule has 1 aromatic heterocycles. The minimum Gasteiger partial charge on any atom is -0.396 e. The van der Waals surface area contributed by atoms with E-state index in [2.05, 4.69) is 4.98 Å². The molecule has 1 aliphatic heterocycles. The molecule has 1 atom stereocenters. The molecule has 2 heterocycles. The molecule has 0 radical (unpaired) electrons. The van der Waals surface area contributed by atoms with E-state index in [4.69, 9.17) is 5.11 Å². The molecule has 0 unspecified atom stereocenters. The van der Waals surface area contributed by atoms with Crippen molar-refractivity contribution < 1.29 is 9.90 Å². The number of amides is 1. The molecule has 2 rings (SSSR count). The second kappa shape index (κ2) is 6.02. The van der Waals surface area contributed by atoms with E-state index in [1.807, 2.05) is 17.0 Å². The van der Waals surface area contributed by atoms with Crippen molar-refractivity contribution in [3.63, 3.8) is 0 Å². The highest BCUT2D eigenvalue weighted by atomic mass is 32.2. The normalized spacial score (nSPS) is 19.6. The van der Waals surface area contributed by atoms with Crippen molar-refractivity contribution in [2.45, 2.75) is 11.3 Å². The number of likely N-dealkylation sites (tertiary alicyclic amines) is 1. The van der Waals surface area contributed by atoms with Crippen LogP contribution in [0.1, 0.15) is 6.42 Å². The number of hydrogen-bond donors (Lipinski definition) is 1. The van der Waals surface area contributed by atoms with Gasteiger partial charge in [-0.3, -0.25) is 9.78 Å². The van der Waals surface area contributed by atoms with Crippen LogP contribution in [-0.4, -0.2) is 46.3 Å². The number of aliphatic hydroxyl groups is 1. The third-order valence-electron chi connectivity index (χ3n) is 2.91. The van der Waals surface area contributed by atoms with Gasteiger partial charge in [0.1, 0.15) is 0 Å². The molecule has 0 aliphatic carbocycles. The van der Waals surface area contributed by atoms with Crippen LogP contribution in [0.3, 0.4) is 0 Å². The summed E-state index contributed by atoms with van der Waals surface area (Å²) in [5.74, 6) is 0.884. The summed E-state index contributed by atoms with van der Waals surface area (Å²) in [6.07, 6.45) is 4.37. The Hall–Kier alpha value is -1.07. The molecule has 1 fully saturated rings. The summed E-state index contributed by atoms with van der Waals surface area (Å²) in [6.45, 7) is 1.66. The summed E-state index contributed by atoms with van der Waals surface area (Å²) in [4.78, 5) is 18.7. The topological polar surface area (TPSA) is 53.4 Å². The summed E-state index contributed by atoms with van der Waals surface area (Å²) in [5.41, 5.74) is 0. The minimum atomic E-state index is 0.155. The fourth-order valence-electron chi connectivity index (χ4n) is 1.88. The zero-order chi connectivity index (χ0) is 12.1. The summed E-state index contributed by atoms with van der Waals surface area (Å²) in [6, 6.07) is 3.80. The van der Waals surface area contributed by atoms with Gasteiger partial charge in [-0.05, 0) is 18.6 Å². The van der Waals surface area contributed by atoms with Crippen molar-refractivity contribution >= 4 is 17.7 Å². The lowest BCUT2D eigenvalue weighted by atomic mass is 10.1. The minimum absolute atomic E-state index is 0.155. The van der Waals surface area contributed by atoms with Crippen LogP contribution >= 0.6 is 11.8 Å². The number of thioether (sulfide) groups is 1. The van der Waals surface area contributed by atoms with Crippen molar-refractivity contribution in [2.75, 3.05) is 25.4 Å². The van der Waals surface area contributed by atoms with Gasteiger partial charge in [0, 0.05) is 42.9 Å². The van der Waals surface area contributed by atoms with Gasteiger partial charge in [0.25, 0.3) is 0 Å². The van der Waals surface area contributed by atoms with Crippen molar-refractivity contribution in [3.05, 3.63) is 24.5 Å². The van der Waals surface area contributed by atoms with Crippen LogP contribution in [0.15, 0.2) is 29.4 Å². The van der Waals surface area contributed by atoms with E-state index in [9.17, 15) is 4.79 Å². The van der Waals surface area contributed by atoms with E-state index in [1.165, 1.54) is 11.8 Å². The fourth-order valence-corrected chi connectivity index (χ4v) is 2.67. The van der Waals surface area contributed by atoms with E-state index in [1.54, 1.807) is 12.4 Å². The second-order valence-corrected chi connectivity index (χ2v) is 5.20. The molecule has 17 heavy (non-hydrogen) atoms. The van der Waals surface area contributed by atoms with Crippen molar-refractivity contribution in [1.82, 2.24) is 9.88 Å². The average Bonchev–Trinajstić information content (AvgIpc) is 2.86. The third kappa shape index (κ3) is 3.44. The van der Waals surface area contributed by atoms with Crippen LogP contribution in [0.4, 0.5) is 0 Å². The molecule has 1 aliphatic rings. The number of aromatic nitrogens is 1. The Morgan fingerprint density at radius 3 is 2.94 bits per heavy atom. The lowest BCUT2D eigenvalue weighted by molar-refractivity contribution is -0.127. The molecule has 1 N–H and O–H groups in total. The SMILES string of the molecule is O=C(CSc1ccncc1)N1CC[C@@H](CO)C1. The van der Waals surface area contributed by atoms with E-state index < -0.39 is 0 Å². The molecule has 92 valence electrons. The maximum Gasteiger partial charge on any atom is 0.232 e. The maximum atomic E-state index is 11.9. The molecule has 5 heteroatoms. The summed E-state index contributed by atoms with van der Waals surface area (Å²) in [7, 11) is 0. The first-order valence-electron chi connectivity index (χ1n) is 5.71. The van der Waals surface area contributed by atoms with Crippen LogP contribution in [0.25, 0.3) is 0 Å². The van der Waals surface area contributed by atoms with Crippen LogP contribution in [0, 0.1) is 5.92 Å². The summed E-state index contributed by atoms with van der Waals surface area (Å²) in [5, 5.41) is 9.02. The van der Waals surface area contributed by atoms with Crippen molar-refractivity contribution in [2.24, 2.45) is 5.92 Å². The molecule has 0 spiro atoms. The van der Waals surface area contributed by atoms with E-state index in [-0.39, 0.29) is 18.4 Å². The number of aliphatic hydroxyl groups excluding tert-OH is 1. The highest BCUT2D eigenvalue weighted by Crippen LogP contribution is 2.20. The summed E-state index contributed by atoms with van der Waals surface area (Å²) < 4.78 is 0. The molecule has 0 saturated carbocycles. The van der Waals surface area contributed by atoms with Gasteiger partial charge in [-0.15, -0.1) is 11.8 Å². The standard InChI is InChI=1S/C12H16N2O2S/c15-8-10-3-6-14(7-10)12(16)9-17-11-1-4-13-5-2-11/h1-2,4-5,10,15H,3,6-9H2/t10-/m1/s1. The van der Waals surface area contributed by atoms with Crippen LogP contribution < -0.4 is 0 Å². The monoisotopic (exact) mass is 252 g/mol. The number of rotatable bonds is 4. The molecule has 4 nitrogen and oxygen atoms in total. The first-order valence-corrected chi connectivity index (χ1v) is 6.69. The predicted molar refractivity (Wildman–Crippen MR) is 66.7 cm³/mol. The van der Waals surface area contributed by atoms with Crippen LogP contribution in [-0.2, 0) is 4.79 Å². The zero-order valence-electron chi connectivity index (χ0n) is 9.58. The van der Waals surface area contributed by atoms with Gasteiger partial charge < -0.3 is 10.0 Å². The Labute approximate surface area is 105 Å². The fraction of sp³-hybridized carbons (Fsp3) is 0.500. The highest BCUT2D eigenvalue weighted by molar-refractivity contribution is 8.00. The van der Waals surface area contributed by atoms with Gasteiger partial charge in [-0.1, -0.05) is 0 Å². The van der Waals surface area contributed by atoms with Crippen molar-refractivity contribution in [3.8, 4) is 0 Å². The average molecular weight is 252 g/mol. The first kappa shape index (κ1) is 12.4. The molecular weight excluding hydrogens is 236 g/mol. The molecule has 1 amide bonds. The first-order chi connectivity index (χ1) is 8.29. The Kier molecular flexibility index (Phi) is 4.39. The molecule has 1 saturated heterocycles. The van der Waals surface area contributed by atoms with Gasteiger partial charge in [-0.25, -0.2) is 0 Å². The van der Waals surface area contributed by atoms with Crippen LogP contribution in [0.2, 0.25) is 0 Å². The number of carbonyl (C=O) groups is 1. The highest BCUT2D eigenvalue weighted by Gasteiger charge is 2.25. The zero-order valence-corrected chi connectivity index (χ0v) is 10.4. The van der Waals surface area contributed by atoms with Crippen LogP contribution in [0.5, 0.6) is 0 Å². The predicted octanol–water partition coefficient (Wildman–Crippen LogP) is 1.01. The van der Waals surface area contributed by atoms with E-state index in [0.29, 0.717) is 12.3 Å². The number of pyridine rings is 1. The Balaban J connectivity index is 1.78. The lowest BCUT2D eigenvalue weighted by Crippen LogP contribution is -2.30. The van der Waals surface area contributed by atoms with Gasteiger partial charge >= 0.3 is 0 Å². The molecular formula is C12H16N2O2S. The number of nitrogens with zero attached hydrogens (tertiary/aromatic N) is 2. The number of carbonyl (C=O) groups excluding carboxylic acids is 1. The third-order valence-corrected chi connectivity index (χ3v) is 3.91. The number of hydrogen-bond acceptors (Lipinski definition) is 4.